The van der Waals surface area contributed by atoms with Crippen molar-refractivity contribution in [1.82, 2.24) is 10.2 Å². The predicted molar refractivity (Wildman–Crippen MR) is 80.0 cm³/mol. The molecule has 2 unspecified atom stereocenters. The fourth-order valence-corrected chi connectivity index (χ4v) is 2.83. The minimum absolute atomic E-state index is 0.0822. The van der Waals surface area contributed by atoms with E-state index in [0.717, 1.165) is 12.8 Å². The van der Waals surface area contributed by atoms with Crippen molar-refractivity contribution in [3.63, 3.8) is 0 Å². The third kappa shape index (κ3) is 4.78. The number of carbonyl (C=O) groups excluding carboxylic acids is 2. The first kappa shape index (κ1) is 17.0. The van der Waals surface area contributed by atoms with Crippen LogP contribution in [0.3, 0.4) is 0 Å². The van der Waals surface area contributed by atoms with E-state index in [1.54, 1.807) is 7.05 Å². The van der Waals surface area contributed by atoms with Gasteiger partial charge >= 0.3 is 0 Å². The number of amides is 2. The molecule has 0 saturated heterocycles. The molecule has 1 aliphatic rings. The molecule has 0 aromatic carbocycles. The molecule has 1 rings (SSSR count). The van der Waals surface area contributed by atoms with Crippen molar-refractivity contribution in [2.24, 2.45) is 17.6 Å². The van der Waals surface area contributed by atoms with Gasteiger partial charge in [-0.1, -0.05) is 33.6 Å². The van der Waals surface area contributed by atoms with Crippen LogP contribution in [0.5, 0.6) is 0 Å². The van der Waals surface area contributed by atoms with E-state index in [1.807, 2.05) is 13.8 Å². The van der Waals surface area contributed by atoms with Crippen molar-refractivity contribution in [1.29, 1.82) is 0 Å². The van der Waals surface area contributed by atoms with E-state index >= 15 is 0 Å². The number of nitrogens with zero attached hydrogens (tertiary/aromatic N) is 1. The molecule has 0 radical (unpaired) electrons. The van der Waals surface area contributed by atoms with Crippen LogP contribution in [0, 0.1) is 11.8 Å². The first-order valence-electron chi connectivity index (χ1n) is 7.55. The zero-order valence-corrected chi connectivity index (χ0v) is 13.2. The highest BCUT2D eigenvalue weighted by Gasteiger charge is 2.39. The lowest BCUT2D eigenvalue weighted by molar-refractivity contribution is -0.140. The van der Waals surface area contributed by atoms with Gasteiger partial charge in [-0.2, -0.15) is 0 Å². The first-order valence-corrected chi connectivity index (χ1v) is 7.55. The van der Waals surface area contributed by atoms with Crippen LogP contribution in [0.25, 0.3) is 0 Å². The fraction of sp³-hybridized carbons (Fsp3) is 0.867. The number of carbonyl (C=O) groups is 2. The lowest BCUT2D eigenvalue weighted by Crippen LogP contribution is -2.57. The summed E-state index contributed by atoms with van der Waals surface area (Å²) in [5, 5.41) is 2.82. The summed E-state index contributed by atoms with van der Waals surface area (Å²) in [7, 11) is 1.66. The predicted octanol–water partition coefficient (Wildman–Crippen LogP) is 1.12. The Balaban J connectivity index is 2.51. The summed E-state index contributed by atoms with van der Waals surface area (Å²) in [4.78, 5) is 25.7. The summed E-state index contributed by atoms with van der Waals surface area (Å²) in [5.74, 6) is 0.645. The Bertz CT molecular complexity index is 357. The molecule has 5 heteroatoms. The molecule has 20 heavy (non-hydrogen) atoms. The van der Waals surface area contributed by atoms with Gasteiger partial charge in [-0.3, -0.25) is 9.59 Å². The van der Waals surface area contributed by atoms with Crippen molar-refractivity contribution in [2.45, 2.75) is 52.0 Å². The first-order chi connectivity index (χ1) is 9.24. The molecule has 1 saturated carbocycles. The van der Waals surface area contributed by atoms with Crippen molar-refractivity contribution in [3.8, 4) is 0 Å². The van der Waals surface area contributed by atoms with Crippen LogP contribution < -0.4 is 11.1 Å². The molecule has 0 heterocycles. The second kappa shape index (κ2) is 7.07. The molecule has 0 aromatic rings. The summed E-state index contributed by atoms with van der Waals surface area (Å²) in [5.41, 5.74) is 5.48. The van der Waals surface area contributed by atoms with Gasteiger partial charge in [0, 0.05) is 13.6 Å². The van der Waals surface area contributed by atoms with Gasteiger partial charge in [0.25, 0.3) is 0 Å². The average Bonchev–Trinajstić information content (AvgIpc) is 2.35. The standard InChI is InChI=1S/C15H29N3O2/c1-11(2)9-17-13(19)10-18(4)14(20)15(16)7-5-6-12(3)8-15/h11-12H,5-10,16H2,1-4H3,(H,17,19). The van der Waals surface area contributed by atoms with Gasteiger partial charge in [-0.25, -0.2) is 0 Å². The minimum atomic E-state index is -0.787. The van der Waals surface area contributed by atoms with Crippen molar-refractivity contribution < 1.29 is 9.59 Å². The zero-order valence-electron chi connectivity index (χ0n) is 13.2. The minimum Gasteiger partial charge on any atom is -0.354 e. The maximum absolute atomic E-state index is 12.5. The highest BCUT2D eigenvalue weighted by molar-refractivity contribution is 5.90. The van der Waals surface area contributed by atoms with E-state index in [2.05, 4.69) is 12.2 Å². The highest BCUT2D eigenvalue weighted by Crippen LogP contribution is 2.31. The number of hydrogen-bond acceptors (Lipinski definition) is 3. The van der Waals surface area contributed by atoms with Crippen LogP contribution in [0.1, 0.15) is 46.5 Å². The molecule has 0 bridgehead atoms. The highest BCUT2D eigenvalue weighted by atomic mass is 16.2. The molecule has 1 aliphatic carbocycles. The maximum Gasteiger partial charge on any atom is 0.242 e. The summed E-state index contributed by atoms with van der Waals surface area (Å²) in [6.45, 7) is 6.91. The second-order valence-corrected chi connectivity index (χ2v) is 6.72. The number of nitrogens with one attached hydrogen (secondary N) is 1. The molecular formula is C15H29N3O2. The van der Waals surface area contributed by atoms with Gasteiger partial charge in [-0.15, -0.1) is 0 Å². The van der Waals surface area contributed by atoms with Gasteiger partial charge in [-0.05, 0) is 24.7 Å². The SMILES string of the molecule is CC(C)CNC(=O)CN(C)C(=O)C1(N)CCCC(C)C1. The largest absolute Gasteiger partial charge is 0.354 e. The molecule has 3 N–H and O–H groups in total. The van der Waals surface area contributed by atoms with Gasteiger partial charge < -0.3 is 16.0 Å². The lowest BCUT2D eigenvalue weighted by atomic mass is 9.76. The van der Waals surface area contributed by atoms with Gasteiger partial charge in [0.15, 0.2) is 0 Å². The van der Waals surface area contributed by atoms with Crippen molar-refractivity contribution in [3.05, 3.63) is 0 Å². The smallest absolute Gasteiger partial charge is 0.242 e. The monoisotopic (exact) mass is 283 g/mol. The van der Waals surface area contributed by atoms with E-state index in [1.165, 1.54) is 4.90 Å². The van der Waals surface area contributed by atoms with Crippen molar-refractivity contribution in [2.75, 3.05) is 20.1 Å². The molecular weight excluding hydrogens is 254 g/mol. The van der Waals surface area contributed by atoms with Gasteiger partial charge in [0.2, 0.25) is 11.8 Å². The third-order valence-corrected chi connectivity index (χ3v) is 3.89. The molecule has 116 valence electrons. The summed E-state index contributed by atoms with van der Waals surface area (Å²) in [6.07, 6.45) is 3.54. The van der Waals surface area contributed by atoms with E-state index in [-0.39, 0.29) is 18.4 Å². The van der Waals surface area contributed by atoms with Crippen LogP contribution >= 0.6 is 0 Å². The zero-order chi connectivity index (χ0) is 15.3. The Morgan fingerprint density at radius 1 is 1.45 bits per heavy atom. The Morgan fingerprint density at radius 2 is 2.10 bits per heavy atom. The summed E-state index contributed by atoms with van der Waals surface area (Å²) < 4.78 is 0. The van der Waals surface area contributed by atoms with E-state index in [4.69, 9.17) is 5.73 Å². The van der Waals surface area contributed by atoms with E-state index in [9.17, 15) is 9.59 Å². The Hall–Kier alpha value is -1.10. The molecule has 0 spiro atoms. The molecule has 5 nitrogen and oxygen atoms in total. The normalized spacial score (nSPS) is 26.4. The lowest BCUT2D eigenvalue weighted by Gasteiger charge is -2.37. The van der Waals surface area contributed by atoms with Crippen LogP contribution in [0.2, 0.25) is 0 Å². The Kier molecular flexibility index (Phi) is 5.99. The molecule has 2 atom stereocenters. The quantitative estimate of drug-likeness (QED) is 0.794. The topological polar surface area (TPSA) is 75.4 Å². The van der Waals surface area contributed by atoms with Crippen molar-refractivity contribution >= 4 is 11.8 Å². The number of hydrogen-bond donors (Lipinski definition) is 2. The third-order valence-electron chi connectivity index (χ3n) is 3.89. The van der Waals surface area contributed by atoms with Crippen LogP contribution in [-0.2, 0) is 9.59 Å². The maximum atomic E-state index is 12.5. The van der Waals surface area contributed by atoms with Crippen LogP contribution in [-0.4, -0.2) is 42.4 Å². The summed E-state index contributed by atoms with van der Waals surface area (Å²) in [6, 6.07) is 0. The second-order valence-electron chi connectivity index (χ2n) is 6.72. The molecule has 2 amide bonds. The Morgan fingerprint density at radius 3 is 2.65 bits per heavy atom. The van der Waals surface area contributed by atoms with Gasteiger partial charge in [0.05, 0.1) is 12.1 Å². The number of likely N-dealkylation sites (N-methyl/N-ethyl adjacent to an activating group) is 1. The van der Waals surface area contributed by atoms with Crippen LogP contribution in [0.4, 0.5) is 0 Å². The molecule has 0 aromatic heterocycles. The number of nitrogens with two attached hydrogens (primary N) is 1. The number of rotatable bonds is 5. The van der Waals surface area contributed by atoms with E-state index in [0.29, 0.717) is 31.2 Å². The van der Waals surface area contributed by atoms with Gasteiger partial charge in [0.1, 0.15) is 0 Å². The van der Waals surface area contributed by atoms with E-state index < -0.39 is 5.54 Å². The Labute approximate surface area is 122 Å². The summed E-state index contributed by atoms with van der Waals surface area (Å²) >= 11 is 0. The average molecular weight is 283 g/mol. The molecule has 0 aliphatic heterocycles. The fourth-order valence-electron chi connectivity index (χ4n) is 2.83. The van der Waals surface area contributed by atoms with Crippen LogP contribution in [0.15, 0.2) is 0 Å². The molecule has 1 fully saturated rings.